The number of halogens is 1. The summed E-state index contributed by atoms with van der Waals surface area (Å²) in [4.78, 5) is 20.0. The first-order valence-electron chi connectivity index (χ1n) is 1.75. The zero-order valence-electron chi connectivity index (χ0n) is 3.85. The summed E-state index contributed by atoms with van der Waals surface area (Å²) in [5, 5.41) is 7.76. The lowest BCUT2D eigenvalue weighted by molar-refractivity contribution is -0.141. The lowest BCUT2D eigenvalue weighted by Crippen LogP contribution is -2.28. The topological polar surface area (TPSA) is 66.4 Å². The van der Waals surface area contributed by atoms with Gasteiger partial charge in [-0.15, -0.1) is 11.6 Å². The second kappa shape index (κ2) is 3.40. The molecule has 2 N–H and O–H groups in total. The summed E-state index contributed by atoms with van der Waals surface area (Å²) in [5.41, 5.74) is 1.14. The lowest BCUT2D eigenvalue weighted by Gasteiger charge is -1.88. The molecule has 0 unspecified atom stereocenters. The number of ketones is 1. The number of hydroxylamine groups is 1. The van der Waals surface area contributed by atoms with Gasteiger partial charge in [-0.3, -0.25) is 14.8 Å². The average Bonchev–Trinajstić information content (AvgIpc) is 1.84. The summed E-state index contributed by atoms with van der Waals surface area (Å²) in [6.45, 7) is 0. The fourth-order valence-electron chi connectivity index (χ4n) is 0.123. The van der Waals surface area contributed by atoms with E-state index >= 15 is 0 Å². The minimum atomic E-state index is -1.08. The first kappa shape index (κ1) is 7.39. The summed E-state index contributed by atoms with van der Waals surface area (Å²) in [6.07, 6.45) is 0. The fraction of sp³-hybridized carbons (Fsp3) is 0.333. The number of alkyl halides is 1. The van der Waals surface area contributed by atoms with Crippen LogP contribution in [0.15, 0.2) is 0 Å². The molecule has 0 spiro atoms. The third-order valence-corrected chi connectivity index (χ3v) is 0.719. The number of Topliss-reactive ketones (excluding diaryl/α,β-unsaturated/α-hetero) is 1. The van der Waals surface area contributed by atoms with E-state index in [2.05, 4.69) is 0 Å². The van der Waals surface area contributed by atoms with Crippen molar-refractivity contribution >= 4 is 23.3 Å². The van der Waals surface area contributed by atoms with Crippen molar-refractivity contribution in [2.75, 3.05) is 5.88 Å². The van der Waals surface area contributed by atoms with Crippen molar-refractivity contribution < 1.29 is 14.8 Å². The number of carbonyl (C=O) groups excluding carboxylic acids is 2. The van der Waals surface area contributed by atoms with E-state index < -0.39 is 17.6 Å². The Kier molecular flexibility index (Phi) is 3.14. The quantitative estimate of drug-likeness (QED) is 0.229. The van der Waals surface area contributed by atoms with Crippen LogP contribution in [0, 0.1) is 0 Å². The van der Waals surface area contributed by atoms with E-state index in [0.29, 0.717) is 0 Å². The first-order chi connectivity index (χ1) is 3.72. The third-order valence-electron chi connectivity index (χ3n) is 0.476. The van der Waals surface area contributed by atoms with Gasteiger partial charge in [0.2, 0.25) is 5.78 Å². The van der Waals surface area contributed by atoms with Crippen LogP contribution in [-0.4, -0.2) is 22.8 Å². The van der Waals surface area contributed by atoms with E-state index in [0.717, 1.165) is 5.48 Å². The SMILES string of the molecule is O=C(CCl)C(=O)NO. The number of nitrogens with one attached hydrogen (secondary N) is 1. The largest absolute Gasteiger partial charge is 0.311 e. The van der Waals surface area contributed by atoms with Crippen molar-refractivity contribution in [3.05, 3.63) is 0 Å². The minimum absolute atomic E-state index is 0.410. The Hall–Kier alpha value is -0.610. The number of rotatable bonds is 2. The van der Waals surface area contributed by atoms with E-state index in [1.807, 2.05) is 0 Å². The smallest absolute Gasteiger partial charge is 0.288 e. The van der Waals surface area contributed by atoms with Gasteiger partial charge in [-0.2, -0.15) is 0 Å². The molecule has 0 aromatic carbocycles. The Labute approximate surface area is 50.4 Å². The zero-order valence-corrected chi connectivity index (χ0v) is 4.60. The van der Waals surface area contributed by atoms with E-state index in [1.165, 1.54) is 0 Å². The molecule has 0 aliphatic rings. The molecule has 0 aliphatic heterocycles. The maximum absolute atomic E-state index is 10.0. The van der Waals surface area contributed by atoms with Crippen LogP contribution < -0.4 is 5.48 Å². The molecule has 0 heterocycles. The molecule has 46 valence electrons. The summed E-state index contributed by atoms with van der Waals surface area (Å²) >= 11 is 4.90. The number of hydrogen-bond acceptors (Lipinski definition) is 3. The van der Waals surface area contributed by atoms with Gasteiger partial charge in [-0.1, -0.05) is 0 Å². The van der Waals surface area contributed by atoms with E-state index in [-0.39, 0.29) is 0 Å². The van der Waals surface area contributed by atoms with Gasteiger partial charge in [0.25, 0.3) is 0 Å². The van der Waals surface area contributed by atoms with Crippen molar-refractivity contribution in [3.8, 4) is 0 Å². The van der Waals surface area contributed by atoms with Crippen LogP contribution >= 0.6 is 11.6 Å². The summed E-state index contributed by atoms with van der Waals surface area (Å²) < 4.78 is 0. The molecule has 0 fully saturated rings. The van der Waals surface area contributed by atoms with Gasteiger partial charge in [-0.25, -0.2) is 5.48 Å². The molecule has 0 aromatic heterocycles. The average molecular weight is 138 g/mol. The fourth-order valence-corrected chi connectivity index (χ4v) is 0.244. The normalized spacial score (nSPS) is 8.25. The molecule has 0 atom stereocenters. The van der Waals surface area contributed by atoms with Gasteiger partial charge >= 0.3 is 5.91 Å². The first-order valence-corrected chi connectivity index (χ1v) is 2.29. The zero-order chi connectivity index (χ0) is 6.57. The Morgan fingerprint density at radius 3 is 2.25 bits per heavy atom. The highest BCUT2D eigenvalue weighted by Gasteiger charge is 2.08. The van der Waals surface area contributed by atoms with Crippen LogP contribution in [0.25, 0.3) is 0 Å². The maximum atomic E-state index is 10.0. The van der Waals surface area contributed by atoms with Crippen LogP contribution in [0.2, 0.25) is 0 Å². The summed E-state index contributed by atoms with van der Waals surface area (Å²) in [6, 6.07) is 0. The van der Waals surface area contributed by atoms with Crippen LogP contribution in [0.1, 0.15) is 0 Å². The van der Waals surface area contributed by atoms with Crippen molar-refractivity contribution in [1.82, 2.24) is 5.48 Å². The van der Waals surface area contributed by atoms with Crippen molar-refractivity contribution in [2.45, 2.75) is 0 Å². The predicted octanol–water partition coefficient (Wildman–Crippen LogP) is -0.700. The second-order valence-electron chi connectivity index (χ2n) is 0.998. The van der Waals surface area contributed by atoms with Gasteiger partial charge in [-0.05, 0) is 0 Å². The summed E-state index contributed by atoms with van der Waals surface area (Å²) in [7, 11) is 0. The molecule has 1 amide bonds. The Morgan fingerprint density at radius 1 is 1.62 bits per heavy atom. The highest BCUT2D eigenvalue weighted by atomic mass is 35.5. The maximum Gasteiger partial charge on any atom is 0.311 e. The Morgan fingerprint density at radius 2 is 2.12 bits per heavy atom. The van der Waals surface area contributed by atoms with Crippen molar-refractivity contribution in [1.29, 1.82) is 0 Å². The monoisotopic (exact) mass is 137 g/mol. The molecular weight excluding hydrogens is 133 g/mol. The Balaban J connectivity index is 3.64. The van der Waals surface area contributed by atoms with Crippen LogP contribution in [0.5, 0.6) is 0 Å². The molecule has 4 nitrogen and oxygen atoms in total. The van der Waals surface area contributed by atoms with Gasteiger partial charge < -0.3 is 0 Å². The highest BCUT2D eigenvalue weighted by molar-refractivity contribution is 6.46. The van der Waals surface area contributed by atoms with Gasteiger partial charge in [0.1, 0.15) is 0 Å². The standard InChI is InChI=1S/C3H4ClNO3/c4-1-2(6)3(7)5-8/h8H,1H2,(H,5,7). The van der Waals surface area contributed by atoms with Crippen molar-refractivity contribution in [3.63, 3.8) is 0 Å². The molecule has 0 aliphatic carbocycles. The predicted molar refractivity (Wildman–Crippen MR) is 25.7 cm³/mol. The molecule has 0 bridgehead atoms. The number of hydrogen-bond donors (Lipinski definition) is 2. The molecule has 0 radical (unpaired) electrons. The van der Waals surface area contributed by atoms with Crippen LogP contribution in [0.4, 0.5) is 0 Å². The lowest BCUT2D eigenvalue weighted by atomic mass is 10.4. The molecular formula is C3H4ClNO3. The van der Waals surface area contributed by atoms with Crippen LogP contribution in [-0.2, 0) is 9.59 Å². The van der Waals surface area contributed by atoms with Crippen molar-refractivity contribution in [2.24, 2.45) is 0 Å². The molecule has 0 saturated heterocycles. The van der Waals surface area contributed by atoms with Gasteiger partial charge in [0.05, 0.1) is 5.88 Å². The number of amides is 1. The molecule has 0 rings (SSSR count). The molecule has 5 heteroatoms. The Bertz CT molecular complexity index is 99.1. The van der Waals surface area contributed by atoms with E-state index in [4.69, 9.17) is 16.8 Å². The van der Waals surface area contributed by atoms with E-state index in [1.54, 1.807) is 0 Å². The number of carbonyl (C=O) groups is 2. The van der Waals surface area contributed by atoms with Crippen LogP contribution in [0.3, 0.4) is 0 Å². The molecule has 8 heavy (non-hydrogen) atoms. The second-order valence-corrected chi connectivity index (χ2v) is 1.26. The molecule has 0 saturated carbocycles. The van der Waals surface area contributed by atoms with Gasteiger partial charge in [0, 0.05) is 0 Å². The van der Waals surface area contributed by atoms with Gasteiger partial charge in [0.15, 0.2) is 0 Å². The third kappa shape index (κ3) is 1.90. The molecule has 0 aromatic rings. The summed E-state index contributed by atoms with van der Waals surface area (Å²) in [5.74, 6) is -2.35. The van der Waals surface area contributed by atoms with E-state index in [9.17, 15) is 9.59 Å². The minimum Gasteiger partial charge on any atom is -0.288 e. The highest BCUT2D eigenvalue weighted by Crippen LogP contribution is 1.76.